The Labute approximate surface area is 188 Å². The van der Waals surface area contributed by atoms with Gasteiger partial charge in [-0.05, 0) is 90.7 Å². The molecule has 1 aromatic carbocycles. The number of tetrazole rings is 1. The Kier molecular flexibility index (Phi) is 6.06. The summed E-state index contributed by atoms with van der Waals surface area (Å²) in [7, 11) is 0. The molecule has 2 atom stereocenters. The van der Waals surface area contributed by atoms with Crippen LogP contribution in [0.15, 0.2) is 29.1 Å². The number of aryl methyl sites for hydroxylation is 1. The largest absolute Gasteiger partial charge is 0.376 e. The number of H-pyrrole nitrogens is 1. The van der Waals surface area contributed by atoms with Crippen molar-refractivity contribution in [2.45, 2.75) is 64.6 Å². The maximum atomic E-state index is 13.3. The molecule has 2 aliphatic heterocycles. The number of ether oxygens (including phenoxy) is 1. The van der Waals surface area contributed by atoms with Crippen LogP contribution in [-0.2, 0) is 17.7 Å². The Morgan fingerprint density at radius 2 is 2.06 bits per heavy atom. The summed E-state index contributed by atoms with van der Waals surface area (Å²) in [6.45, 7) is 7.69. The van der Waals surface area contributed by atoms with E-state index in [1.165, 1.54) is 5.56 Å². The highest BCUT2D eigenvalue weighted by Crippen LogP contribution is 2.31. The van der Waals surface area contributed by atoms with Gasteiger partial charge in [-0.25, -0.2) is 4.68 Å². The number of likely N-dealkylation sites (tertiary alicyclic amines) is 1. The molecule has 2 aliphatic rings. The number of hydrogen-bond acceptors (Lipinski definition) is 6. The van der Waals surface area contributed by atoms with Crippen LogP contribution < -0.4 is 5.56 Å². The summed E-state index contributed by atoms with van der Waals surface area (Å²) in [6, 6.07) is 8.00. The van der Waals surface area contributed by atoms with Gasteiger partial charge in [0.1, 0.15) is 6.04 Å². The molecule has 2 saturated heterocycles. The topological polar surface area (TPSA) is 88.9 Å². The summed E-state index contributed by atoms with van der Waals surface area (Å²) in [5.41, 5.74) is 2.75. The molecule has 170 valence electrons. The van der Waals surface area contributed by atoms with Crippen molar-refractivity contribution in [3.63, 3.8) is 0 Å². The highest BCUT2D eigenvalue weighted by atomic mass is 16.5. The maximum Gasteiger partial charge on any atom is 0.253 e. The number of nitrogens with one attached hydrogen (secondary N) is 1. The van der Waals surface area contributed by atoms with E-state index in [0.29, 0.717) is 18.0 Å². The SMILES string of the molecule is CCc1ccc2[nH]c(=O)c(C(c3nnnn3CC3CCCO3)N3CCC(C)CC3)cc2c1. The number of piperidine rings is 1. The molecule has 2 unspecified atom stereocenters. The lowest BCUT2D eigenvalue weighted by Gasteiger charge is -2.36. The third-order valence-electron chi connectivity index (χ3n) is 7.03. The number of rotatable bonds is 6. The number of benzene rings is 1. The second kappa shape index (κ2) is 9.11. The molecule has 2 fully saturated rings. The summed E-state index contributed by atoms with van der Waals surface area (Å²) in [5.74, 6) is 1.42. The zero-order valence-corrected chi connectivity index (χ0v) is 19.0. The van der Waals surface area contributed by atoms with E-state index in [4.69, 9.17) is 4.74 Å². The van der Waals surface area contributed by atoms with Crippen LogP contribution in [0.2, 0.25) is 0 Å². The lowest BCUT2D eigenvalue weighted by atomic mass is 9.95. The first-order valence-corrected chi connectivity index (χ1v) is 11.9. The van der Waals surface area contributed by atoms with E-state index in [1.54, 1.807) is 0 Å². The minimum Gasteiger partial charge on any atom is -0.376 e. The number of fused-ring (bicyclic) bond motifs is 1. The van der Waals surface area contributed by atoms with Gasteiger partial charge in [0.05, 0.1) is 12.6 Å². The fourth-order valence-electron chi connectivity index (χ4n) is 5.00. The van der Waals surface area contributed by atoms with Gasteiger partial charge in [0, 0.05) is 17.7 Å². The van der Waals surface area contributed by atoms with Crippen molar-refractivity contribution in [2.75, 3.05) is 19.7 Å². The zero-order valence-electron chi connectivity index (χ0n) is 19.0. The fourth-order valence-corrected chi connectivity index (χ4v) is 5.00. The average molecular weight is 437 g/mol. The number of aromatic nitrogens is 5. The molecule has 1 N–H and O–H groups in total. The standard InChI is InChI=1S/C24H32N6O2/c1-3-17-6-7-21-18(13-17)14-20(24(31)25-21)22(29-10-8-16(2)9-11-29)23-26-27-28-30(23)15-19-5-4-12-32-19/h6-7,13-14,16,19,22H,3-5,8-12,15H2,1-2H3,(H,25,31). The van der Waals surface area contributed by atoms with Gasteiger partial charge in [0.25, 0.3) is 5.56 Å². The van der Waals surface area contributed by atoms with Crippen LogP contribution in [0.4, 0.5) is 0 Å². The van der Waals surface area contributed by atoms with Gasteiger partial charge in [-0.2, -0.15) is 0 Å². The predicted molar refractivity (Wildman–Crippen MR) is 123 cm³/mol. The Morgan fingerprint density at radius 1 is 1.22 bits per heavy atom. The first kappa shape index (κ1) is 21.3. The summed E-state index contributed by atoms with van der Waals surface area (Å²) < 4.78 is 7.69. The Bertz CT molecular complexity index is 1120. The predicted octanol–water partition coefficient (Wildman–Crippen LogP) is 3.08. The second-order valence-electron chi connectivity index (χ2n) is 9.30. The number of aromatic amines is 1. The number of hydrogen-bond donors (Lipinski definition) is 1. The zero-order chi connectivity index (χ0) is 22.1. The number of nitrogens with zero attached hydrogens (tertiary/aromatic N) is 5. The number of pyridine rings is 1. The van der Waals surface area contributed by atoms with Crippen LogP contribution in [0.3, 0.4) is 0 Å². The second-order valence-corrected chi connectivity index (χ2v) is 9.30. The van der Waals surface area contributed by atoms with Crippen molar-refractivity contribution in [2.24, 2.45) is 5.92 Å². The van der Waals surface area contributed by atoms with Gasteiger partial charge in [0.15, 0.2) is 5.82 Å². The van der Waals surface area contributed by atoms with E-state index < -0.39 is 0 Å². The van der Waals surface area contributed by atoms with Gasteiger partial charge >= 0.3 is 0 Å². The van der Waals surface area contributed by atoms with E-state index >= 15 is 0 Å². The molecular weight excluding hydrogens is 404 g/mol. The van der Waals surface area contributed by atoms with E-state index in [9.17, 15) is 4.79 Å². The van der Waals surface area contributed by atoms with Crippen molar-refractivity contribution in [1.82, 2.24) is 30.1 Å². The Balaban J connectivity index is 1.59. The van der Waals surface area contributed by atoms with E-state index in [-0.39, 0.29) is 17.7 Å². The summed E-state index contributed by atoms with van der Waals surface area (Å²) in [4.78, 5) is 18.8. The van der Waals surface area contributed by atoms with Gasteiger partial charge in [-0.15, -0.1) is 5.10 Å². The van der Waals surface area contributed by atoms with Gasteiger partial charge < -0.3 is 9.72 Å². The van der Waals surface area contributed by atoms with E-state index in [0.717, 1.165) is 68.5 Å². The molecule has 0 aliphatic carbocycles. The van der Waals surface area contributed by atoms with E-state index in [1.807, 2.05) is 16.8 Å². The van der Waals surface area contributed by atoms with Crippen molar-refractivity contribution in [3.05, 3.63) is 51.6 Å². The molecule has 0 amide bonds. The molecule has 2 aromatic heterocycles. The maximum absolute atomic E-state index is 13.3. The molecule has 0 spiro atoms. The normalized spacial score (nSPS) is 21.4. The first-order chi connectivity index (χ1) is 15.6. The quantitative estimate of drug-likeness (QED) is 0.639. The average Bonchev–Trinajstić information content (AvgIpc) is 3.48. The highest BCUT2D eigenvalue weighted by molar-refractivity contribution is 5.80. The molecule has 0 saturated carbocycles. The highest BCUT2D eigenvalue weighted by Gasteiger charge is 2.33. The minimum absolute atomic E-state index is 0.0722. The Morgan fingerprint density at radius 3 is 2.81 bits per heavy atom. The summed E-state index contributed by atoms with van der Waals surface area (Å²) in [5, 5.41) is 13.8. The third-order valence-corrected chi connectivity index (χ3v) is 7.03. The minimum atomic E-state index is -0.280. The van der Waals surface area contributed by atoms with Crippen molar-refractivity contribution >= 4 is 10.9 Å². The summed E-state index contributed by atoms with van der Waals surface area (Å²) in [6.07, 6.45) is 5.38. The molecule has 8 nitrogen and oxygen atoms in total. The van der Waals surface area contributed by atoms with Crippen LogP contribution in [-0.4, -0.2) is 55.9 Å². The van der Waals surface area contributed by atoms with Crippen LogP contribution >= 0.6 is 0 Å². The summed E-state index contributed by atoms with van der Waals surface area (Å²) >= 11 is 0. The molecule has 5 rings (SSSR count). The van der Waals surface area contributed by atoms with Crippen molar-refractivity contribution in [1.29, 1.82) is 0 Å². The molecule has 4 heterocycles. The molecule has 32 heavy (non-hydrogen) atoms. The monoisotopic (exact) mass is 436 g/mol. The van der Waals surface area contributed by atoms with Gasteiger partial charge in [0.2, 0.25) is 0 Å². The smallest absolute Gasteiger partial charge is 0.253 e. The molecule has 3 aromatic rings. The van der Waals surface area contributed by atoms with Gasteiger partial charge in [-0.3, -0.25) is 9.69 Å². The fraction of sp³-hybridized carbons (Fsp3) is 0.583. The molecule has 0 radical (unpaired) electrons. The van der Waals surface area contributed by atoms with Gasteiger partial charge in [-0.1, -0.05) is 19.9 Å². The van der Waals surface area contributed by atoms with E-state index in [2.05, 4.69) is 51.4 Å². The third kappa shape index (κ3) is 4.21. The molecular formula is C24H32N6O2. The van der Waals surface area contributed by atoms with Crippen LogP contribution in [0, 0.1) is 5.92 Å². The molecule has 8 heteroatoms. The lowest BCUT2D eigenvalue weighted by Crippen LogP contribution is -2.40. The van der Waals surface area contributed by atoms with Crippen LogP contribution in [0.5, 0.6) is 0 Å². The van der Waals surface area contributed by atoms with Crippen LogP contribution in [0.25, 0.3) is 10.9 Å². The van der Waals surface area contributed by atoms with Crippen molar-refractivity contribution < 1.29 is 4.74 Å². The Hall–Kier alpha value is -2.58. The first-order valence-electron chi connectivity index (χ1n) is 11.9. The van der Waals surface area contributed by atoms with Crippen LogP contribution in [0.1, 0.15) is 62.5 Å². The van der Waals surface area contributed by atoms with Crippen molar-refractivity contribution in [3.8, 4) is 0 Å². The lowest BCUT2D eigenvalue weighted by molar-refractivity contribution is 0.0894. The molecule has 0 bridgehead atoms.